The van der Waals surface area contributed by atoms with Crippen molar-refractivity contribution >= 4 is 35.4 Å². The molecule has 3 aliphatic heterocycles. The van der Waals surface area contributed by atoms with E-state index in [1.54, 1.807) is 35.8 Å². The normalized spacial score (nSPS) is 22.6. The second-order valence-corrected chi connectivity index (χ2v) is 10.1. The molecule has 0 aliphatic carbocycles. The molecule has 4 heterocycles. The van der Waals surface area contributed by atoms with Gasteiger partial charge in [0.15, 0.2) is 12.6 Å². The summed E-state index contributed by atoms with van der Waals surface area (Å²) in [6.45, 7) is 14.1. The van der Waals surface area contributed by atoms with Crippen molar-refractivity contribution in [3.63, 3.8) is 0 Å². The van der Waals surface area contributed by atoms with Crippen LogP contribution in [0.25, 0.3) is 0 Å². The fourth-order valence-electron chi connectivity index (χ4n) is 5.01. The molecule has 38 heavy (non-hydrogen) atoms. The number of Topliss-reactive ketones (excluding diaryl/α,β-unsaturated/α-hetero) is 1. The highest BCUT2D eigenvalue weighted by atomic mass is 16.7. The lowest BCUT2D eigenvalue weighted by molar-refractivity contribution is -0.173. The minimum atomic E-state index is -1.14. The van der Waals surface area contributed by atoms with E-state index in [1.807, 2.05) is 6.07 Å². The molecule has 2 unspecified atom stereocenters. The molecule has 12 nitrogen and oxygen atoms in total. The second-order valence-electron chi connectivity index (χ2n) is 10.1. The molecule has 2 amide bonds. The van der Waals surface area contributed by atoms with Crippen LogP contribution in [-0.2, 0) is 19.1 Å². The molecule has 3 saturated heterocycles. The van der Waals surface area contributed by atoms with E-state index in [0.29, 0.717) is 64.0 Å². The van der Waals surface area contributed by atoms with E-state index in [-0.39, 0.29) is 24.5 Å². The van der Waals surface area contributed by atoms with Crippen LogP contribution in [0.15, 0.2) is 31.4 Å². The maximum Gasteiger partial charge on any atom is 0.412 e. The first-order valence-corrected chi connectivity index (χ1v) is 13.0. The average molecular weight is 528 g/mol. The van der Waals surface area contributed by atoms with E-state index < -0.39 is 17.6 Å². The number of amides is 2. The number of aromatic nitrogens is 2. The Hall–Kier alpha value is -3.67. The monoisotopic (exact) mass is 527 g/mol. The van der Waals surface area contributed by atoms with Gasteiger partial charge in [-0.2, -0.15) is 9.97 Å². The van der Waals surface area contributed by atoms with Gasteiger partial charge in [0.05, 0.1) is 6.04 Å². The first-order chi connectivity index (χ1) is 18.3. The molecule has 12 heteroatoms. The van der Waals surface area contributed by atoms with E-state index in [1.165, 1.54) is 0 Å². The lowest BCUT2D eigenvalue weighted by Crippen LogP contribution is -2.62. The Balaban J connectivity index is 1.30. The minimum Gasteiger partial charge on any atom is -0.422 e. The Labute approximate surface area is 223 Å². The summed E-state index contributed by atoms with van der Waals surface area (Å²) in [5.74, 6) is 1.47. The molecule has 206 valence electrons. The fraction of sp³-hybridized carbons (Fsp3) is 0.577. The smallest absolute Gasteiger partial charge is 0.412 e. The van der Waals surface area contributed by atoms with Crippen LogP contribution in [0.4, 0.5) is 22.4 Å². The average Bonchev–Trinajstić information content (AvgIpc) is 3.41. The number of anilines is 3. The number of ketones is 1. The highest BCUT2D eigenvalue weighted by Crippen LogP contribution is 2.37. The molecule has 3 fully saturated rings. The maximum absolute atomic E-state index is 13.0. The molecule has 2 atom stereocenters. The first kappa shape index (κ1) is 27.4. The summed E-state index contributed by atoms with van der Waals surface area (Å²) in [7, 11) is 0. The van der Waals surface area contributed by atoms with Crippen LogP contribution in [0.3, 0.4) is 0 Å². The summed E-state index contributed by atoms with van der Waals surface area (Å²) in [6.07, 6.45) is 3.72. The molecule has 0 radical (unpaired) electrons. The van der Waals surface area contributed by atoms with Crippen LogP contribution < -0.4 is 15.5 Å². The number of hydrogen-bond acceptors (Lipinski definition) is 10. The number of rotatable bonds is 10. The highest BCUT2D eigenvalue weighted by Gasteiger charge is 2.54. The zero-order valence-corrected chi connectivity index (χ0v) is 22.1. The molecule has 0 bridgehead atoms. The molecular formula is C26H37N7O5. The maximum atomic E-state index is 13.0. The Kier molecular flexibility index (Phi) is 8.50. The Bertz CT molecular complexity index is 1040. The lowest BCUT2D eigenvalue weighted by Gasteiger charge is -2.42. The molecule has 1 aromatic heterocycles. The van der Waals surface area contributed by atoms with Gasteiger partial charge in [-0.3, -0.25) is 9.59 Å². The molecule has 3 aliphatic rings. The van der Waals surface area contributed by atoms with Crippen molar-refractivity contribution in [3.8, 4) is 0 Å². The molecule has 0 spiro atoms. The van der Waals surface area contributed by atoms with Gasteiger partial charge in [-0.05, 0) is 26.7 Å². The van der Waals surface area contributed by atoms with Crippen LogP contribution in [0, 0.1) is 5.41 Å². The molecule has 4 rings (SSSR count). The number of carbonyl (C=O) groups is 3. The van der Waals surface area contributed by atoms with Gasteiger partial charge in [0.2, 0.25) is 11.9 Å². The number of piperazine rings is 1. The van der Waals surface area contributed by atoms with Crippen molar-refractivity contribution in [1.29, 1.82) is 0 Å². The van der Waals surface area contributed by atoms with Crippen molar-refractivity contribution in [1.82, 2.24) is 19.8 Å². The predicted octanol–water partition coefficient (Wildman–Crippen LogP) is 1.87. The number of piperidine rings is 1. The number of fused-ring (bicyclic) bond motifs is 1. The Morgan fingerprint density at radius 1 is 1.11 bits per heavy atom. The van der Waals surface area contributed by atoms with Gasteiger partial charge in [-0.1, -0.05) is 12.2 Å². The van der Waals surface area contributed by atoms with Gasteiger partial charge in [0, 0.05) is 51.9 Å². The van der Waals surface area contributed by atoms with E-state index in [2.05, 4.69) is 38.7 Å². The second kappa shape index (κ2) is 11.8. The summed E-state index contributed by atoms with van der Waals surface area (Å²) in [6, 6.07) is 1.57. The predicted molar refractivity (Wildman–Crippen MR) is 143 cm³/mol. The number of hydrogen-bond donors (Lipinski definition) is 2. The number of ether oxygens (including phenoxy) is 2. The third-order valence-corrected chi connectivity index (χ3v) is 7.16. The number of nitrogens with one attached hydrogen (secondary N) is 2. The summed E-state index contributed by atoms with van der Waals surface area (Å²) < 4.78 is 11.1. The van der Waals surface area contributed by atoms with Crippen molar-refractivity contribution < 1.29 is 23.9 Å². The van der Waals surface area contributed by atoms with Crippen LogP contribution >= 0.6 is 0 Å². The zero-order chi connectivity index (χ0) is 27.3. The SMILES string of the molecule is C=CCNc1cc(N2CCN(C(=O)OCOC3C(=O)C(C)(C)C(=O)N4CCCC34)CC2)nc(NCC=C)n1. The van der Waals surface area contributed by atoms with Gasteiger partial charge < -0.3 is 34.8 Å². The van der Waals surface area contributed by atoms with Gasteiger partial charge in [-0.15, -0.1) is 13.2 Å². The Morgan fingerprint density at radius 2 is 1.82 bits per heavy atom. The quantitative estimate of drug-likeness (QED) is 0.264. The molecule has 0 aromatic carbocycles. The van der Waals surface area contributed by atoms with Crippen LogP contribution in [0.1, 0.15) is 26.7 Å². The number of carbonyl (C=O) groups excluding carboxylic acids is 3. The van der Waals surface area contributed by atoms with Crippen molar-refractivity contribution in [2.45, 2.75) is 38.8 Å². The summed E-state index contributed by atoms with van der Waals surface area (Å²) in [5.41, 5.74) is -1.14. The van der Waals surface area contributed by atoms with Gasteiger partial charge >= 0.3 is 6.09 Å². The zero-order valence-electron chi connectivity index (χ0n) is 22.1. The molecule has 1 aromatic rings. The van der Waals surface area contributed by atoms with Gasteiger partial charge in [0.1, 0.15) is 23.2 Å². The van der Waals surface area contributed by atoms with Gasteiger partial charge in [-0.25, -0.2) is 4.79 Å². The largest absolute Gasteiger partial charge is 0.422 e. The first-order valence-electron chi connectivity index (χ1n) is 13.0. The third-order valence-electron chi connectivity index (χ3n) is 7.16. The highest BCUT2D eigenvalue weighted by molar-refractivity contribution is 6.10. The fourth-order valence-corrected chi connectivity index (χ4v) is 5.01. The van der Waals surface area contributed by atoms with Crippen molar-refractivity contribution in [2.75, 3.05) is 68.1 Å². The minimum absolute atomic E-state index is 0.157. The van der Waals surface area contributed by atoms with Crippen LogP contribution in [0.2, 0.25) is 0 Å². The molecular weight excluding hydrogens is 490 g/mol. The van der Waals surface area contributed by atoms with E-state index in [4.69, 9.17) is 9.47 Å². The molecule has 0 saturated carbocycles. The summed E-state index contributed by atoms with van der Waals surface area (Å²) in [5, 5.41) is 6.30. The van der Waals surface area contributed by atoms with Crippen LogP contribution in [-0.4, -0.2) is 102 Å². The Morgan fingerprint density at radius 3 is 2.53 bits per heavy atom. The topological polar surface area (TPSA) is 129 Å². The summed E-state index contributed by atoms with van der Waals surface area (Å²) >= 11 is 0. The van der Waals surface area contributed by atoms with Gasteiger partial charge in [0.25, 0.3) is 0 Å². The van der Waals surface area contributed by atoms with Crippen LogP contribution in [0.5, 0.6) is 0 Å². The standard InChI is InChI=1S/C26H37N7O5/c1-5-9-27-19-16-20(30-24(29-19)28-10-6-2)31-12-14-32(15-13-31)25(36)38-17-37-21-18-8-7-11-33(18)23(35)26(3,4)22(21)34/h5-6,16,18,21H,1-2,7-15,17H2,3-4H3,(H2,27,28,29,30). The van der Waals surface area contributed by atoms with E-state index in [9.17, 15) is 14.4 Å². The third kappa shape index (κ3) is 5.74. The lowest BCUT2D eigenvalue weighted by atomic mass is 9.77. The van der Waals surface area contributed by atoms with Crippen molar-refractivity contribution in [2.24, 2.45) is 5.41 Å². The van der Waals surface area contributed by atoms with Crippen molar-refractivity contribution in [3.05, 3.63) is 31.4 Å². The van der Waals surface area contributed by atoms with E-state index >= 15 is 0 Å². The molecule has 2 N–H and O–H groups in total. The summed E-state index contributed by atoms with van der Waals surface area (Å²) in [4.78, 5) is 52.8. The van der Waals surface area contributed by atoms with E-state index in [0.717, 1.165) is 12.2 Å². The number of nitrogens with zero attached hydrogens (tertiary/aromatic N) is 5.